The molecule has 11 rings (SSSR count). The van der Waals surface area contributed by atoms with E-state index >= 15 is 0 Å². The molecular formula is C48H27N5. The van der Waals surface area contributed by atoms with E-state index in [-0.39, 0.29) is 0 Å². The highest BCUT2D eigenvalue weighted by molar-refractivity contribution is 6.29. The van der Waals surface area contributed by atoms with E-state index in [9.17, 15) is 5.26 Å². The van der Waals surface area contributed by atoms with Gasteiger partial charge >= 0.3 is 0 Å². The summed E-state index contributed by atoms with van der Waals surface area (Å²) in [5.41, 5.74) is 9.66. The quantitative estimate of drug-likeness (QED) is 0.172. The van der Waals surface area contributed by atoms with Crippen LogP contribution in [0.15, 0.2) is 164 Å². The Kier molecular flexibility index (Phi) is 6.02. The van der Waals surface area contributed by atoms with Gasteiger partial charge in [0.1, 0.15) is 6.07 Å². The molecule has 0 saturated heterocycles. The molecule has 244 valence electrons. The van der Waals surface area contributed by atoms with Crippen LogP contribution in [0.1, 0.15) is 5.56 Å². The molecule has 3 heterocycles. The fourth-order valence-corrected chi connectivity index (χ4v) is 8.74. The second-order valence-corrected chi connectivity index (χ2v) is 13.5. The lowest BCUT2D eigenvalue weighted by atomic mass is 10.0. The van der Waals surface area contributed by atoms with Crippen LogP contribution in [0.3, 0.4) is 0 Å². The van der Waals surface area contributed by atoms with Gasteiger partial charge in [-0.2, -0.15) is 5.26 Å². The van der Waals surface area contributed by atoms with Gasteiger partial charge in [-0.1, -0.05) is 103 Å². The number of nitrogens with zero attached hydrogens (tertiary/aromatic N) is 5. The third-order valence-electron chi connectivity index (χ3n) is 10.9. The second kappa shape index (κ2) is 10.9. The topological polar surface area (TPSA) is 42.9 Å². The minimum atomic E-state index is 0.475. The molecule has 0 fully saturated rings. The van der Waals surface area contributed by atoms with E-state index in [2.05, 4.69) is 158 Å². The van der Waals surface area contributed by atoms with Crippen LogP contribution in [0.2, 0.25) is 0 Å². The average Bonchev–Trinajstić information content (AvgIpc) is 3.86. The molecule has 8 aromatic carbocycles. The summed E-state index contributed by atoms with van der Waals surface area (Å²) in [4.78, 5) is 4.14. The van der Waals surface area contributed by atoms with Crippen LogP contribution < -0.4 is 0 Å². The number of nitriles is 1. The number of rotatable bonds is 3. The van der Waals surface area contributed by atoms with Gasteiger partial charge in [-0.3, -0.25) is 0 Å². The average molecular weight is 674 g/mol. The zero-order valence-corrected chi connectivity index (χ0v) is 28.3. The van der Waals surface area contributed by atoms with Gasteiger partial charge in [0.15, 0.2) is 0 Å². The van der Waals surface area contributed by atoms with Crippen molar-refractivity contribution in [1.82, 2.24) is 13.7 Å². The highest BCUT2D eigenvalue weighted by Crippen LogP contribution is 2.45. The van der Waals surface area contributed by atoms with Crippen LogP contribution in [0.5, 0.6) is 0 Å². The van der Waals surface area contributed by atoms with Gasteiger partial charge < -0.3 is 13.7 Å². The lowest BCUT2D eigenvalue weighted by molar-refractivity contribution is 1.14. The van der Waals surface area contributed by atoms with Gasteiger partial charge in [-0.15, -0.1) is 0 Å². The van der Waals surface area contributed by atoms with Crippen LogP contribution in [-0.4, -0.2) is 13.7 Å². The highest BCUT2D eigenvalue weighted by Gasteiger charge is 2.24. The molecule has 0 atom stereocenters. The Labute approximate surface area is 303 Å². The molecule has 0 saturated carbocycles. The molecule has 0 radical (unpaired) electrons. The van der Waals surface area contributed by atoms with Crippen molar-refractivity contribution in [3.05, 3.63) is 181 Å². The molecule has 0 amide bonds. The molecule has 0 spiro atoms. The first-order valence-corrected chi connectivity index (χ1v) is 17.6. The largest absolute Gasteiger partial charge is 0.319 e. The Morgan fingerprint density at radius 2 is 0.925 bits per heavy atom. The van der Waals surface area contributed by atoms with Gasteiger partial charge in [0, 0.05) is 38.0 Å². The molecule has 0 aliphatic heterocycles. The van der Waals surface area contributed by atoms with Crippen molar-refractivity contribution in [2.75, 3.05) is 0 Å². The molecule has 53 heavy (non-hydrogen) atoms. The van der Waals surface area contributed by atoms with E-state index in [1.54, 1.807) is 0 Å². The maximum atomic E-state index is 10.9. The van der Waals surface area contributed by atoms with E-state index in [4.69, 9.17) is 6.57 Å². The fourth-order valence-electron chi connectivity index (χ4n) is 8.74. The van der Waals surface area contributed by atoms with Crippen molar-refractivity contribution in [1.29, 1.82) is 5.26 Å². The Morgan fingerprint density at radius 1 is 0.434 bits per heavy atom. The van der Waals surface area contributed by atoms with Crippen molar-refractivity contribution in [2.24, 2.45) is 0 Å². The lowest BCUT2D eigenvalue weighted by Crippen LogP contribution is -2.01. The number of hydrogen-bond donors (Lipinski definition) is 0. The summed E-state index contributed by atoms with van der Waals surface area (Å²) in [5.74, 6) is 0. The molecule has 3 aromatic heterocycles. The van der Waals surface area contributed by atoms with Crippen molar-refractivity contribution in [3.8, 4) is 23.1 Å². The lowest BCUT2D eigenvalue weighted by Gasteiger charge is -2.16. The first-order valence-electron chi connectivity index (χ1n) is 17.6. The van der Waals surface area contributed by atoms with Gasteiger partial charge in [-0.25, -0.2) is 4.85 Å². The second-order valence-electron chi connectivity index (χ2n) is 13.5. The predicted molar refractivity (Wildman–Crippen MR) is 218 cm³/mol. The Morgan fingerprint density at radius 3 is 1.57 bits per heavy atom. The Hall–Kier alpha value is -7.60. The van der Waals surface area contributed by atoms with E-state index in [1.165, 1.54) is 0 Å². The van der Waals surface area contributed by atoms with Crippen molar-refractivity contribution >= 4 is 81.9 Å². The Bertz CT molecular complexity index is 3420. The standard InChI is InChI=1S/C48H27N5/c1-50-37-28-44(31(29-49)27-45(37)53-39-21-11-7-17-34(39)46-33-16-6-5-13-30(33)23-24-41(46)53)52-40-22-12-9-19-36(40)48-43(52)26-25-42-47(48)35-18-8-10-20-38(35)51(42)32-14-3-2-4-15-32/h2-28H. The SMILES string of the molecule is [C-]#[N+]c1cc(-n2c3ccccc3c3c4c5ccccc5n(-c5ccccc5)c4ccc32)c(C#N)cc1-n1c2ccccc2c2c3ccccc3ccc21. The third kappa shape index (κ3) is 3.94. The van der Waals surface area contributed by atoms with Crippen LogP contribution in [0.25, 0.3) is 98.1 Å². The first-order chi connectivity index (χ1) is 26.2. The minimum absolute atomic E-state index is 0.475. The summed E-state index contributed by atoms with van der Waals surface area (Å²) in [5, 5.41) is 20.0. The molecule has 11 aromatic rings. The molecule has 0 unspecified atom stereocenters. The van der Waals surface area contributed by atoms with Crippen LogP contribution in [-0.2, 0) is 0 Å². The maximum absolute atomic E-state index is 10.9. The fraction of sp³-hybridized carbons (Fsp3) is 0. The van der Waals surface area contributed by atoms with Crippen molar-refractivity contribution in [3.63, 3.8) is 0 Å². The molecular weight excluding hydrogens is 647 g/mol. The molecule has 5 heteroatoms. The number of para-hydroxylation sites is 4. The normalized spacial score (nSPS) is 11.7. The van der Waals surface area contributed by atoms with E-state index in [0.717, 1.165) is 81.9 Å². The first kappa shape index (κ1) is 29.2. The summed E-state index contributed by atoms with van der Waals surface area (Å²) in [6.45, 7) is 8.51. The molecule has 0 N–H and O–H groups in total. The number of fused-ring (bicyclic) bond motifs is 12. The summed E-state index contributed by atoms with van der Waals surface area (Å²) >= 11 is 0. The monoisotopic (exact) mass is 673 g/mol. The van der Waals surface area contributed by atoms with Crippen LogP contribution in [0.4, 0.5) is 5.69 Å². The van der Waals surface area contributed by atoms with Gasteiger partial charge in [0.05, 0.1) is 56.6 Å². The summed E-state index contributed by atoms with van der Waals surface area (Å²) in [6, 6.07) is 59.2. The smallest absolute Gasteiger partial charge is 0.212 e. The predicted octanol–water partition coefficient (Wildman–Crippen LogP) is 12.6. The number of benzene rings is 8. The van der Waals surface area contributed by atoms with Gasteiger partial charge in [-0.05, 0) is 71.4 Å². The molecule has 0 bridgehead atoms. The summed E-state index contributed by atoms with van der Waals surface area (Å²) in [7, 11) is 0. The Balaban J connectivity index is 1.23. The zero-order chi connectivity index (χ0) is 35.2. The molecule has 0 aliphatic carbocycles. The van der Waals surface area contributed by atoms with E-state index < -0.39 is 0 Å². The third-order valence-corrected chi connectivity index (χ3v) is 10.9. The zero-order valence-electron chi connectivity index (χ0n) is 28.3. The van der Waals surface area contributed by atoms with Gasteiger partial charge in [0.25, 0.3) is 0 Å². The summed E-state index contributed by atoms with van der Waals surface area (Å²) < 4.78 is 6.66. The number of hydrogen-bond acceptors (Lipinski definition) is 1. The minimum Gasteiger partial charge on any atom is -0.319 e. The maximum Gasteiger partial charge on any atom is 0.212 e. The van der Waals surface area contributed by atoms with Crippen LogP contribution >= 0.6 is 0 Å². The molecule has 0 aliphatic rings. The number of aromatic nitrogens is 3. The summed E-state index contributed by atoms with van der Waals surface area (Å²) in [6.07, 6.45) is 0. The van der Waals surface area contributed by atoms with E-state index in [1.807, 2.05) is 30.3 Å². The van der Waals surface area contributed by atoms with Crippen molar-refractivity contribution < 1.29 is 0 Å². The van der Waals surface area contributed by atoms with Crippen molar-refractivity contribution in [2.45, 2.75) is 0 Å². The van der Waals surface area contributed by atoms with Gasteiger partial charge in [0.2, 0.25) is 5.69 Å². The van der Waals surface area contributed by atoms with E-state index in [0.29, 0.717) is 22.6 Å². The highest BCUT2D eigenvalue weighted by atomic mass is 15.0. The van der Waals surface area contributed by atoms with Crippen LogP contribution in [0, 0.1) is 17.9 Å². The molecule has 5 nitrogen and oxygen atoms in total.